The van der Waals surface area contributed by atoms with Gasteiger partial charge in [-0.2, -0.15) is 9.65 Å². The van der Waals surface area contributed by atoms with Crippen molar-refractivity contribution in [2.45, 2.75) is 18.3 Å². The molecule has 2 heterocycles. The molecule has 5 nitrogen and oxygen atoms in total. The standard InChI is InChI=1S/C12H12FN3O2/c13-10-3-1-2-9(15-10)12(8-14)4-6-16(7-5-12)11(17)18/h1-3H,4-7H2,(H,17,18). The first-order valence-electron chi connectivity index (χ1n) is 5.59. The number of nitriles is 1. The van der Waals surface area contributed by atoms with Gasteiger partial charge in [0.1, 0.15) is 5.41 Å². The van der Waals surface area contributed by atoms with Crippen LogP contribution in [0.25, 0.3) is 0 Å². The average molecular weight is 249 g/mol. The van der Waals surface area contributed by atoms with E-state index < -0.39 is 17.5 Å². The zero-order chi connectivity index (χ0) is 13.2. The van der Waals surface area contributed by atoms with Gasteiger partial charge in [0, 0.05) is 13.1 Å². The molecule has 1 aromatic heterocycles. The van der Waals surface area contributed by atoms with Crippen LogP contribution < -0.4 is 0 Å². The summed E-state index contributed by atoms with van der Waals surface area (Å²) in [5.41, 5.74) is -0.497. The first kappa shape index (κ1) is 12.3. The number of likely N-dealkylation sites (tertiary alicyclic amines) is 1. The fourth-order valence-corrected chi connectivity index (χ4v) is 2.18. The van der Waals surface area contributed by atoms with Crippen molar-refractivity contribution in [1.29, 1.82) is 5.26 Å². The van der Waals surface area contributed by atoms with Crippen molar-refractivity contribution in [3.05, 3.63) is 29.8 Å². The molecule has 18 heavy (non-hydrogen) atoms. The second-order valence-corrected chi connectivity index (χ2v) is 4.31. The van der Waals surface area contributed by atoms with Crippen LogP contribution in [0.15, 0.2) is 18.2 Å². The number of rotatable bonds is 1. The Bertz CT molecular complexity index is 504. The SMILES string of the molecule is N#CC1(c2cccc(F)n2)CCN(C(=O)O)CC1. The molecule has 0 radical (unpaired) electrons. The van der Waals surface area contributed by atoms with Crippen LogP contribution in [0.2, 0.25) is 0 Å². The van der Waals surface area contributed by atoms with Crippen LogP contribution in [0.3, 0.4) is 0 Å². The van der Waals surface area contributed by atoms with Gasteiger partial charge in [-0.1, -0.05) is 6.07 Å². The van der Waals surface area contributed by atoms with Crippen LogP contribution in [0.4, 0.5) is 9.18 Å². The molecule has 6 heteroatoms. The summed E-state index contributed by atoms with van der Waals surface area (Å²) in [6.45, 7) is 0.530. The van der Waals surface area contributed by atoms with Gasteiger partial charge in [-0.05, 0) is 25.0 Å². The summed E-state index contributed by atoms with van der Waals surface area (Å²) < 4.78 is 13.1. The van der Waals surface area contributed by atoms with Gasteiger partial charge >= 0.3 is 6.09 Å². The van der Waals surface area contributed by atoms with Crippen molar-refractivity contribution in [2.24, 2.45) is 0 Å². The maximum absolute atomic E-state index is 13.1. The molecule has 1 aromatic rings. The number of carboxylic acid groups (broad SMARTS) is 1. The molecule has 1 saturated heterocycles. The minimum atomic E-state index is -0.992. The van der Waals surface area contributed by atoms with Crippen LogP contribution in [-0.4, -0.2) is 34.2 Å². The lowest BCUT2D eigenvalue weighted by atomic mass is 9.77. The number of carbonyl (C=O) groups is 1. The van der Waals surface area contributed by atoms with Crippen LogP contribution in [0, 0.1) is 17.3 Å². The quantitative estimate of drug-likeness (QED) is 0.769. The molecule has 2 rings (SSSR count). The highest BCUT2D eigenvalue weighted by molar-refractivity contribution is 5.65. The number of amides is 1. The second kappa shape index (κ2) is 4.61. The van der Waals surface area contributed by atoms with Crippen LogP contribution in [-0.2, 0) is 5.41 Å². The Morgan fingerprint density at radius 1 is 1.50 bits per heavy atom. The van der Waals surface area contributed by atoms with Gasteiger partial charge in [0.25, 0.3) is 0 Å². The Labute approximate surface area is 103 Å². The number of hydrogen-bond acceptors (Lipinski definition) is 3. The van der Waals surface area contributed by atoms with Gasteiger partial charge in [0.05, 0.1) is 11.8 Å². The molecule has 1 aliphatic heterocycles. The molecule has 0 bridgehead atoms. The predicted octanol–water partition coefficient (Wildman–Crippen LogP) is 1.76. The first-order valence-corrected chi connectivity index (χ1v) is 5.59. The molecule has 0 spiro atoms. The van der Waals surface area contributed by atoms with Gasteiger partial charge in [-0.25, -0.2) is 9.78 Å². The highest BCUT2D eigenvalue weighted by atomic mass is 19.1. The fraction of sp³-hybridized carbons (Fsp3) is 0.417. The number of nitrogens with zero attached hydrogens (tertiary/aromatic N) is 3. The third kappa shape index (κ3) is 2.12. The molecule has 1 aliphatic rings. The lowest BCUT2D eigenvalue weighted by Gasteiger charge is -2.35. The van der Waals surface area contributed by atoms with Crippen LogP contribution >= 0.6 is 0 Å². The lowest BCUT2D eigenvalue weighted by Crippen LogP contribution is -2.44. The molecular weight excluding hydrogens is 237 g/mol. The highest BCUT2D eigenvalue weighted by Crippen LogP contribution is 2.33. The number of halogens is 1. The van der Waals surface area contributed by atoms with Gasteiger partial charge < -0.3 is 10.0 Å². The molecule has 0 aliphatic carbocycles. The lowest BCUT2D eigenvalue weighted by molar-refractivity contribution is 0.124. The maximum atomic E-state index is 13.1. The van der Waals surface area contributed by atoms with E-state index in [1.165, 1.54) is 17.0 Å². The molecule has 0 unspecified atom stereocenters. The zero-order valence-electron chi connectivity index (χ0n) is 9.64. The van der Waals surface area contributed by atoms with Crippen molar-refractivity contribution in [1.82, 2.24) is 9.88 Å². The summed E-state index contributed by atoms with van der Waals surface area (Å²) in [5.74, 6) is -0.622. The Morgan fingerprint density at radius 3 is 2.67 bits per heavy atom. The third-order valence-electron chi connectivity index (χ3n) is 3.31. The van der Waals surface area contributed by atoms with E-state index in [-0.39, 0.29) is 13.1 Å². The monoisotopic (exact) mass is 249 g/mol. The second-order valence-electron chi connectivity index (χ2n) is 4.31. The zero-order valence-corrected chi connectivity index (χ0v) is 9.64. The highest BCUT2D eigenvalue weighted by Gasteiger charge is 2.39. The Morgan fingerprint density at radius 2 is 2.17 bits per heavy atom. The summed E-state index contributed by atoms with van der Waals surface area (Å²) in [4.78, 5) is 15.8. The fourth-order valence-electron chi connectivity index (χ4n) is 2.18. The summed E-state index contributed by atoms with van der Waals surface area (Å²) in [7, 11) is 0. The van der Waals surface area contributed by atoms with Gasteiger partial charge in [-0.3, -0.25) is 0 Å². The average Bonchev–Trinajstić information content (AvgIpc) is 2.38. The summed E-state index contributed by atoms with van der Waals surface area (Å²) in [6.07, 6.45) is -0.313. The summed E-state index contributed by atoms with van der Waals surface area (Å²) in [6, 6.07) is 6.52. The third-order valence-corrected chi connectivity index (χ3v) is 3.31. The van der Waals surface area contributed by atoms with E-state index in [1.54, 1.807) is 6.07 Å². The Balaban J connectivity index is 2.25. The van der Waals surface area contributed by atoms with E-state index in [0.29, 0.717) is 18.5 Å². The number of hydrogen-bond donors (Lipinski definition) is 1. The normalized spacial score (nSPS) is 18.1. The van der Waals surface area contributed by atoms with Gasteiger partial charge in [0.15, 0.2) is 0 Å². The van der Waals surface area contributed by atoms with Crippen molar-refractivity contribution in [2.75, 3.05) is 13.1 Å². The predicted molar refractivity (Wildman–Crippen MR) is 60.3 cm³/mol. The Hall–Kier alpha value is -2.16. The minimum Gasteiger partial charge on any atom is -0.465 e. The van der Waals surface area contributed by atoms with E-state index in [4.69, 9.17) is 5.11 Å². The van der Waals surface area contributed by atoms with Gasteiger partial charge in [0.2, 0.25) is 5.95 Å². The van der Waals surface area contributed by atoms with E-state index in [0.717, 1.165) is 0 Å². The molecule has 0 saturated carbocycles. The molecule has 0 aromatic carbocycles. The smallest absolute Gasteiger partial charge is 0.407 e. The topological polar surface area (TPSA) is 77.2 Å². The number of piperidine rings is 1. The molecule has 1 N–H and O–H groups in total. The Kier molecular flexibility index (Phi) is 3.15. The molecule has 94 valence electrons. The molecule has 0 atom stereocenters. The number of pyridine rings is 1. The molecule has 1 amide bonds. The van der Waals surface area contributed by atoms with E-state index in [1.807, 2.05) is 0 Å². The summed E-state index contributed by atoms with van der Waals surface area (Å²) >= 11 is 0. The molecule has 1 fully saturated rings. The maximum Gasteiger partial charge on any atom is 0.407 e. The van der Waals surface area contributed by atoms with E-state index in [2.05, 4.69) is 11.1 Å². The summed E-state index contributed by atoms with van der Waals surface area (Å²) in [5, 5.41) is 18.2. The molecular formula is C12H12FN3O2. The van der Waals surface area contributed by atoms with E-state index in [9.17, 15) is 14.4 Å². The van der Waals surface area contributed by atoms with Crippen molar-refractivity contribution >= 4 is 6.09 Å². The van der Waals surface area contributed by atoms with Crippen LogP contribution in [0.1, 0.15) is 18.5 Å². The first-order chi connectivity index (χ1) is 8.57. The largest absolute Gasteiger partial charge is 0.465 e. The van der Waals surface area contributed by atoms with Gasteiger partial charge in [-0.15, -0.1) is 0 Å². The van der Waals surface area contributed by atoms with E-state index >= 15 is 0 Å². The minimum absolute atomic E-state index is 0.265. The van der Waals surface area contributed by atoms with Crippen LogP contribution in [0.5, 0.6) is 0 Å². The van der Waals surface area contributed by atoms with Crippen molar-refractivity contribution in [3.8, 4) is 6.07 Å². The number of aromatic nitrogens is 1. The van der Waals surface area contributed by atoms with Crippen molar-refractivity contribution < 1.29 is 14.3 Å². The van der Waals surface area contributed by atoms with Crippen molar-refractivity contribution in [3.63, 3.8) is 0 Å².